The fourth-order valence-electron chi connectivity index (χ4n) is 3.64. The third kappa shape index (κ3) is 4.91. The van der Waals surface area contributed by atoms with Crippen molar-refractivity contribution < 1.29 is 9.53 Å². The number of ether oxygens (including phenoxy) is 1. The van der Waals surface area contributed by atoms with E-state index in [9.17, 15) is 9.59 Å². The summed E-state index contributed by atoms with van der Waals surface area (Å²) >= 11 is 5.83. The summed E-state index contributed by atoms with van der Waals surface area (Å²) in [5, 5.41) is 0.559. The summed E-state index contributed by atoms with van der Waals surface area (Å²) in [6.07, 6.45) is 5.80. The maximum atomic E-state index is 12.6. The molecule has 1 atom stereocenters. The second-order valence-electron chi connectivity index (χ2n) is 7.72. The van der Waals surface area contributed by atoms with Crippen LogP contribution >= 0.6 is 11.6 Å². The first kappa shape index (κ1) is 21.8. The van der Waals surface area contributed by atoms with Crippen molar-refractivity contribution in [3.63, 3.8) is 0 Å². The van der Waals surface area contributed by atoms with Crippen molar-refractivity contribution in [3.8, 4) is 11.4 Å². The molecule has 0 N–H and O–H groups in total. The van der Waals surface area contributed by atoms with Crippen LogP contribution in [0.5, 0.6) is 5.75 Å². The van der Waals surface area contributed by atoms with Crippen molar-refractivity contribution in [2.24, 2.45) is 0 Å². The highest BCUT2D eigenvalue weighted by molar-refractivity contribution is 6.30. The average Bonchev–Trinajstić information content (AvgIpc) is 3.28. The summed E-state index contributed by atoms with van der Waals surface area (Å²) in [6, 6.07) is 10.6. The number of aromatic nitrogens is 3. The van der Waals surface area contributed by atoms with Gasteiger partial charge < -0.3 is 14.5 Å². The van der Waals surface area contributed by atoms with Crippen LogP contribution in [0, 0.1) is 0 Å². The lowest BCUT2D eigenvalue weighted by molar-refractivity contribution is -0.129. The molecule has 0 radical (unpaired) electrons. The Kier molecular flexibility index (Phi) is 6.41. The summed E-state index contributed by atoms with van der Waals surface area (Å²) in [5.41, 5.74) is 1.17. The monoisotopic (exact) mass is 453 g/mol. The van der Waals surface area contributed by atoms with Crippen LogP contribution in [0.25, 0.3) is 5.69 Å². The molecule has 3 aromatic rings. The number of carbonyl (C=O) groups excluding carboxylic acids is 1. The molecule has 1 fully saturated rings. The van der Waals surface area contributed by atoms with Gasteiger partial charge in [0.2, 0.25) is 5.91 Å². The predicted octanol–water partition coefficient (Wildman–Crippen LogP) is 2.92. The minimum atomic E-state index is -0.217. The molecule has 1 saturated heterocycles. The summed E-state index contributed by atoms with van der Waals surface area (Å²) in [7, 11) is 1.83. The highest BCUT2D eigenvalue weighted by Crippen LogP contribution is 2.22. The lowest BCUT2D eigenvalue weighted by Gasteiger charge is -2.24. The van der Waals surface area contributed by atoms with E-state index in [4.69, 9.17) is 16.3 Å². The van der Waals surface area contributed by atoms with E-state index in [0.717, 1.165) is 31.0 Å². The number of pyridine rings is 3. The van der Waals surface area contributed by atoms with Gasteiger partial charge in [-0.1, -0.05) is 11.6 Å². The molecular formula is C23H24ClN5O3. The Morgan fingerprint density at radius 2 is 2.06 bits per heavy atom. The molecule has 4 heterocycles. The van der Waals surface area contributed by atoms with Crippen molar-refractivity contribution >= 4 is 23.3 Å². The van der Waals surface area contributed by atoms with Gasteiger partial charge in [-0.25, -0.2) is 4.98 Å². The highest BCUT2D eigenvalue weighted by atomic mass is 35.5. The molecule has 0 aromatic carbocycles. The molecule has 4 rings (SSSR count). The number of rotatable bonds is 6. The van der Waals surface area contributed by atoms with Gasteiger partial charge in [-0.15, -0.1) is 0 Å². The summed E-state index contributed by atoms with van der Waals surface area (Å²) in [6.45, 7) is 3.41. The maximum Gasteiger partial charge on any atom is 0.258 e. The molecule has 0 saturated carbocycles. The van der Waals surface area contributed by atoms with Gasteiger partial charge in [0.25, 0.3) is 5.56 Å². The standard InChI is InChI=1S/C23H24ClN5O3/c1-16(30)27(2)20-7-9-28(14-20)22-6-5-19(13-26-22)29-10-8-21(11-23(29)31)32-15-18-4-3-17(24)12-25-18/h3-6,8,10-13,20H,7,9,14-15H2,1-2H3. The SMILES string of the molecule is CC(=O)N(C)C1CCN(c2ccc(-n3ccc(OCc4ccc(Cl)cn4)cc3=O)cn2)C1. The molecule has 1 amide bonds. The molecule has 0 bridgehead atoms. The molecule has 1 unspecified atom stereocenters. The van der Waals surface area contributed by atoms with Gasteiger partial charge in [0, 0.05) is 45.5 Å². The van der Waals surface area contributed by atoms with Gasteiger partial charge in [0.1, 0.15) is 18.2 Å². The van der Waals surface area contributed by atoms with Gasteiger partial charge in [-0.3, -0.25) is 19.1 Å². The van der Waals surface area contributed by atoms with Gasteiger partial charge in [-0.05, 0) is 36.8 Å². The van der Waals surface area contributed by atoms with Crippen LogP contribution in [0.15, 0.2) is 59.8 Å². The molecule has 3 aromatic heterocycles. The summed E-state index contributed by atoms with van der Waals surface area (Å²) in [4.78, 5) is 36.8. The van der Waals surface area contributed by atoms with Crippen LogP contribution in [0.1, 0.15) is 19.0 Å². The second-order valence-corrected chi connectivity index (χ2v) is 8.16. The van der Waals surface area contributed by atoms with Gasteiger partial charge in [-0.2, -0.15) is 0 Å². The van der Waals surface area contributed by atoms with E-state index in [2.05, 4.69) is 14.9 Å². The number of likely N-dealkylation sites (N-methyl/N-ethyl adjacent to an activating group) is 1. The predicted molar refractivity (Wildman–Crippen MR) is 122 cm³/mol. The Labute approximate surface area is 191 Å². The minimum absolute atomic E-state index is 0.0661. The van der Waals surface area contributed by atoms with Crippen LogP contribution in [-0.2, 0) is 11.4 Å². The van der Waals surface area contributed by atoms with Crippen molar-refractivity contribution in [2.75, 3.05) is 25.0 Å². The number of amides is 1. The number of halogens is 1. The average molecular weight is 454 g/mol. The van der Waals surface area contributed by atoms with E-state index in [1.165, 1.54) is 10.6 Å². The molecule has 32 heavy (non-hydrogen) atoms. The van der Waals surface area contributed by atoms with E-state index in [-0.39, 0.29) is 24.1 Å². The lowest BCUT2D eigenvalue weighted by Crippen LogP contribution is -2.37. The van der Waals surface area contributed by atoms with E-state index < -0.39 is 0 Å². The fraction of sp³-hybridized carbons (Fsp3) is 0.304. The zero-order valence-electron chi connectivity index (χ0n) is 17.9. The number of carbonyl (C=O) groups is 1. The van der Waals surface area contributed by atoms with Crippen LogP contribution < -0.4 is 15.2 Å². The normalized spacial score (nSPS) is 15.6. The molecular weight excluding hydrogens is 430 g/mol. The third-order valence-corrected chi connectivity index (χ3v) is 5.83. The quantitative estimate of drug-likeness (QED) is 0.571. The Bertz CT molecular complexity index is 1150. The smallest absolute Gasteiger partial charge is 0.258 e. The Morgan fingerprint density at radius 3 is 2.72 bits per heavy atom. The van der Waals surface area contributed by atoms with Crippen LogP contribution in [0.4, 0.5) is 5.82 Å². The first-order valence-corrected chi connectivity index (χ1v) is 10.7. The van der Waals surface area contributed by atoms with Gasteiger partial charge in [0.15, 0.2) is 0 Å². The van der Waals surface area contributed by atoms with Gasteiger partial charge in [0.05, 0.1) is 28.6 Å². The number of hydrogen-bond donors (Lipinski definition) is 0. The minimum Gasteiger partial charge on any atom is -0.487 e. The van der Waals surface area contributed by atoms with Crippen molar-refractivity contribution in [1.29, 1.82) is 0 Å². The zero-order chi connectivity index (χ0) is 22.7. The van der Waals surface area contributed by atoms with Crippen LogP contribution in [0.3, 0.4) is 0 Å². The topological polar surface area (TPSA) is 80.6 Å². The van der Waals surface area contributed by atoms with E-state index >= 15 is 0 Å². The number of anilines is 1. The second kappa shape index (κ2) is 9.40. The van der Waals surface area contributed by atoms with Crippen molar-refractivity contribution in [2.45, 2.75) is 26.0 Å². The fourth-order valence-corrected chi connectivity index (χ4v) is 3.76. The van der Waals surface area contributed by atoms with Crippen LogP contribution in [-0.4, -0.2) is 51.5 Å². The first-order chi connectivity index (χ1) is 15.4. The third-order valence-electron chi connectivity index (χ3n) is 5.61. The molecule has 9 heteroatoms. The van der Waals surface area contributed by atoms with E-state index in [1.807, 2.05) is 19.2 Å². The Morgan fingerprint density at radius 1 is 1.22 bits per heavy atom. The van der Waals surface area contributed by atoms with E-state index in [0.29, 0.717) is 16.5 Å². The largest absolute Gasteiger partial charge is 0.487 e. The molecule has 8 nitrogen and oxygen atoms in total. The molecule has 166 valence electrons. The Hall–Kier alpha value is -3.39. The molecule has 0 spiro atoms. The number of hydrogen-bond acceptors (Lipinski definition) is 6. The first-order valence-electron chi connectivity index (χ1n) is 10.3. The highest BCUT2D eigenvalue weighted by Gasteiger charge is 2.27. The van der Waals surface area contributed by atoms with Crippen molar-refractivity contribution in [3.05, 3.63) is 76.1 Å². The summed E-state index contributed by atoms with van der Waals surface area (Å²) < 4.78 is 7.18. The molecule has 1 aliphatic heterocycles. The van der Waals surface area contributed by atoms with E-state index in [1.54, 1.807) is 48.6 Å². The Balaban J connectivity index is 1.41. The maximum absolute atomic E-state index is 12.6. The molecule has 0 aliphatic carbocycles. The number of nitrogens with zero attached hydrogens (tertiary/aromatic N) is 5. The van der Waals surface area contributed by atoms with Gasteiger partial charge >= 0.3 is 0 Å². The molecule has 1 aliphatic rings. The summed E-state index contributed by atoms with van der Waals surface area (Å²) in [5.74, 6) is 1.36. The van der Waals surface area contributed by atoms with Crippen LogP contribution in [0.2, 0.25) is 5.02 Å². The van der Waals surface area contributed by atoms with Crippen molar-refractivity contribution in [1.82, 2.24) is 19.4 Å². The lowest BCUT2D eigenvalue weighted by atomic mass is 10.2. The zero-order valence-corrected chi connectivity index (χ0v) is 18.7.